The van der Waals surface area contributed by atoms with Crippen LogP contribution in [0.3, 0.4) is 0 Å². The van der Waals surface area contributed by atoms with Crippen molar-refractivity contribution in [3.05, 3.63) is 70.3 Å². The number of aliphatic hydroxyl groups is 1. The number of anilines is 2. The summed E-state index contributed by atoms with van der Waals surface area (Å²) in [5.41, 5.74) is 6.59. The number of nitrogen functional groups attached to an aromatic ring is 1. The van der Waals surface area contributed by atoms with Crippen LogP contribution >= 0.6 is 23.2 Å². The Bertz CT molecular complexity index is 1430. The highest BCUT2D eigenvalue weighted by Crippen LogP contribution is 2.35. The zero-order chi connectivity index (χ0) is 22.3. The van der Waals surface area contributed by atoms with Crippen LogP contribution in [0.1, 0.15) is 5.56 Å². The van der Waals surface area contributed by atoms with Crippen LogP contribution in [0.5, 0.6) is 0 Å². The van der Waals surface area contributed by atoms with Crippen LogP contribution in [0, 0.1) is 5.82 Å². The highest BCUT2D eigenvalue weighted by atomic mass is 35.5. The monoisotopic (exact) mass is 481 g/mol. The van der Waals surface area contributed by atoms with E-state index in [9.17, 15) is 13.5 Å². The molecule has 160 valence electrons. The van der Waals surface area contributed by atoms with E-state index in [0.717, 1.165) is 6.07 Å². The first kappa shape index (κ1) is 21.3. The van der Waals surface area contributed by atoms with Gasteiger partial charge in [-0.05, 0) is 29.8 Å². The largest absolute Gasteiger partial charge is 0.392 e. The molecule has 0 saturated carbocycles. The molecule has 0 aliphatic heterocycles. The molecule has 0 aliphatic rings. The highest BCUT2D eigenvalue weighted by Gasteiger charge is 2.24. The number of sulfonamides is 1. The smallest absolute Gasteiger partial charge is 0.263 e. The molecule has 0 fully saturated rings. The van der Waals surface area contributed by atoms with Crippen LogP contribution < -0.4 is 10.5 Å². The minimum Gasteiger partial charge on any atom is -0.392 e. The quantitative estimate of drug-likeness (QED) is 0.399. The molecule has 4 rings (SSSR count). The summed E-state index contributed by atoms with van der Waals surface area (Å²) in [5.74, 6) is -0.689. The molecule has 4 aromatic rings. The Hall–Kier alpha value is -2.92. The molecule has 2 heterocycles. The predicted octanol–water partition coefficient (Wildman–Crippen LogP) is 3.72. The Morgan fingerprint density at radius 2 is 1.97 bits per heavy atom. The van der Waals surface area contributed by atoms with Crippen molar-refractivity contribution in [3.8, 4) is 11.1 Å². The predicted molar refractivity (Wildman–Crippen MR) is 116 cm³/mol. The lowest BCUT2D eigenvalue weighted by Crippen LogP contribution is -2.15. The van der Waals surface area contributed by atoms with Gasteiger partial charge >= 0.3 is 0 Å². The molecule has 0 atom stereocenters. The normalized spacial score (nSPS) is 11.7. The van der Waals surface area contributed by atoms with Gasteiger partial charge in [0.1, 0.15) is 16.7 Å². The lowest BCUT2D eigenvalue weighted by atomic mass is 10.1. The molecule has 31 heavy (non-hydrogen) atoms. The van der Waals surface area contributed by atoms with Crippen LogP contribution in [-0.4, -0.2) is 28.1 Å². The Kier molecular flexibility index (Phi) is 5.48. The molecule has 8 nitrogen and oxygen atoms in total. The summed E-state index contributed by atoms with van der Waals surface area (Å²) in [5, 5.41) is 13.2. The second-order valence-electron chi connectivity index (χ2n) is 6.48. The highest BCUT2D eigenvalue weighted by molar-refractivity contribution is 7.92. The first-order chi connectivity index (χ1) is 14.7. The number of hydrogen-bond acceptors (Lipinski definition) is 6. The molecule has 12 heteroatoms. The summed E-state index contributed by atoms with van der Waals surface area (Å²) >= 11 is 12.0. The summed E-state index contributed by atoms with van der Waals surface area (Å²) in [7, 11) is -4.33. The summed E-state index contributed by atoms with van der Waals surface area (Å²) in [4.78, 5) is 3.53. The standard InChI is InChI=1S/C19H14Cl2FN5O3S/c20-11-6-10(8-28)16(21)15(7-11)31(29,30)26-14-3-1-2-12(17(14)22)13-4-5-27-18(13)19(23)24-9-25-27/h1-7,9,26,28H,8H2,(H2,23,24,25). The third-order valence-corrected chi connectivity index (χ3v) is 6.72. The van der Waals surface area contributed by atoms with Gasteiger partial charge in [-0.3, -0.25) is 4.72 Å². The van der Waals surface area contributed by atoms with Gasteiger partial charge in [0.15, 0.2) is 11.6 Å². The molecule has 0 spiro atoms. The average Bonchev–Trinajstić information content (AvgIpc) is 3.16. The molecule has 0 saturated heterocycles. The molecular formula is C19H14Cl2FN5O3S. The lowest BCUT2D eigenvalue weighted by molar-refractivity contribution is 0.281. The molecule has 0 bridgehead atoms. The van der Waals surface area contributed by atoms with Crippen molar-refractivity contribution in [2.75, 3.05) is 10.5 Å². The zero-order valence-electron chi connectivity index (χ0n) is 15.6. The van der Waals surface area contributed by atoms with Crippen LogP contribution in [-0.2, 0) is 16.6 Å². The minimum atomic E-state index is -4.33. The Morgan fingerprint density at radius 3 is 2.71 bits per heavy atom. The van der Waals surface area contributed by atoms with Crippen molar-refractivity contribution in [2.45, 2.75) is 11.5 Å². The number of nitrogens with one attached hydrogen (secondary N) is 1. The van der Waals surface area contributed by atoms with Gasteiger partial charge in [-0.15, -0.1) is 0 Å². The second kappa shape index (κ2) is 7.97. The summed E-state index contributed by atoms with van der Waals surface area (Å²) in [6.45, 7) is -0.517. The number of aliphatic hydroxyl groups excluding tert-OH is 1. The molecular weight excluding hydrogens is 468 g/mol. The van der Waals surface area contributed by atoms with Crippen molar-refractivity contribution < 1.29 is 17.9 Å². The first-order valence-electron chi connectivity index (χ1n) is 8.71. The maximum Gasteiger partial charge on any atom is 0.263 e. The number of benzene rings is 2. The molecule has 2 aromatic heterocycles. The van der Waals surface area contributed by atoms with Crippen molar-refractivity contribution in [2.24, 2.45) is 0 Å². The van der Waals surface area contributed by atoms with Crippen molar-refractivity contribution >= 4 is 50.2 Å². The second-order valence-corrected chi connectivity index (χ2v) is 8.94. The Morgan fingerprint density at radius 1 is 1.19 bits per heavy atom. The topological polar surface area (TPSA) is 123 Å². The number of rotatable bonds is 5. The van der Waals surface area contributed by atoms with Crippen molar-refractivity contribution in [1.29, 1.82) is 0 Å². The lowest BCUT2D eigenvalue weighted by Gasteiger charge is -2.14. The molecule has 4 N–H and O–H groups in total. The van der Waals surface area contributed by atoms with E-state index >= 15 is 4.39 Å². The minimum absolute atomic E-state index is 0.0544. The fourth-order valence-electron chi connectivity index (χ4n) is 3.14. The third kappa shape index (κ3) is 3.79. The van der Waals surface area contributed by atoms with Gasteiger partial charge in [-0.2, -0.15) is 5.10 Å². The SMILES string of the molecule is Nc1ncnn2ccc(-c3cccc(NS(=O)(=O)c4cc(Cl)cc(CO)c4Cl)c3F)c12. The van der Waals surface area contributed by atoms with E-state index in [4.69, 9.17) is 28.9 Å². The van der Waals surface area contributed by atoms with Gasteiger partial charge < -0.3 is 10.8 Å². The van der Waals surface area contributed by atoms with Crippen molar-refractivity contribution in [3.63, 3.8) is 0 Å². The van der Waals surface area contributed by atoms with E-state index in [0.29, 0.717) is 11.1 Å². The molecule has 2 aromatic carbocycles. The van der Waals surface area contributed by atoms with Gasteiger partial charge in [0.25, 0.3) is 10.0 Å². The fraction of sp³-hybridized carbons (Fsp3) is 0.0526. The van der Waals surface area contributed by atoms with Crippen molar-refractivity contribution in [1.82, 2.24) is 14.6 Å². The molecule has 0 radical (unpaired) electrons. The van der Waals surface area contributed by atoms with Gasteiger partial charge in [-0.1, -0.05) is 35.3 Å². The number of aromatic nitrogens is 3. The van der Waals surface area contributed by atoms with Crippen LogP contribution in [0.15, 0.2) is 53.8 Å². The van der Waals surface area contributed by atoms with E-state index < -0.39 is 22.4 Å². The molecule has 0 unspecified atom stereocenters. The number of nitrogens with two attached hydrogens (primary N) is 1. The maximum absolute atomic E-state index is 15.3. The number of halogens is 3. The number of hydrogen-bond donors (Lipinski definition) is 3. The molecule has 0 aliphatic carbocycles. The maximum atomic E-state index is 15.3. The van der Waals surface area contributed by atoms with E-state index in [1.54, 1.807) is 12.3 Å². The van der Waals surface area contributed by atoms with Gasteiger partial charge in [0.2, 0.25) is 0 Å². The van der Waals surface area contributed by atoms with E-state index in [2.05, 4.69) is 14.8 Å². The molecule has 0 amide bonds. The Balaban J connectivity index is 1.80. The fourth-order valence-corrected chi connectivity index (χ4v) is 5.13. The van der Waals surface area contributed by atoms with Crippen LogP contribution in [0.4, 0.5) is 15.9 Å². The summed E-state index contributed by atoms with van der Waals surface area (Å²) in [6, 6.07) is 8.28. The number of nitrogens with zero attached hydrogens (tertiary/aromatic N) is 3. The van der Waals surface area contributed by atoms with Gasteiger partial charge in [-0.25, -0.2) is 22.3 Å². The van der Waals surface area contributed by atoms with Gasteiger partial charge in [0.05, 0.1) is 17.3 Å². The van der Waals surface area contributed by atoms with Crippen LogP contribution in [0.25, 0.3) is 16.6 Å². The van der Waals surface area contributed by atoms with E-state index in [-0.39, 0.29) is 37.6 Å². The first-order valence-corrected chi connectivity index (χ1v) is 10.9. The van der Waals surface area contributed by atoms with E-state index in [1.807, 2.05) is 0 Å². The van der Waals surface area contributed by atoms with Crippen LogP contribution in [0.2, 0.25) is 10.0 Å². The average molecular weight is 482 g/mol. The van der Waals surface area contributed by atoms with E-state index in [1.165, 1.54) is 35.1 Å². The Labute approximate surface area is 186 Å². The summed E-state index contributed by atoms with van der Waals surface area (Å²) < 4.78 is 44.8. The van der Waals surface area contributed by atoms with Gasteiger partial charge in [0, 0.05) is 22.3 Å². The summed E-state index contributed by atoms with van der Waals surface area (Å²) in [6.07, 6.45) is 2.85. The third-order valence-electron chi connectivity index (χ3n) is 4.55. The zero-order valence-corrected chi connectivity index (χ0v) is 17.9. The number of fused-ring (bicyclic) bond motifs is 1.